The van der Waals surface area contributed by atoms with Crippen molar-refractivity contribution >= 4 is 33.7 Å². The highest BCUT2D eigenvalue weighted by atomic mass is 32.2. The van der Waals surface area contributed by atoms with Gasteiger partial charge in [-0.3, -0.25) is 14.9 Å². The number of hydrogen-bond acceptors (Lipinski definition) is 13. The standard InChI is InChI=1S/C29H24F3NO13S/c1-17(34)42-23-22(16-41-26(35)18-8-4-2-5-9-18)44-28(43-21-14-12-20(13-15-21)33(37)38)25(46-47(39,40)29(30,31)32)24(23)45-27(36)19-10-6-3-7-11-19/h2-15,22-25,28H,16H2,1H3/t22-,23-,24+,25+,28-/m1/s1. The fourth-order valence-corrected chi connectivity index (χ4v) is 4.84. The number of ether oxygens (including phenoxy) is 5. The second kappa shape index (κ2) is 14.6. The van der Waals surface area contributed by atoms with Crippen molar-refractivity contribution in [2.75, 3.05) is 6.61 Å². The largest absolute Gasteiger partial charge is 0.523 e. The maximum Gasteiger partial charge on any atom is 0.523 e. The quantitative estimate of drug-likeness (QED) is 0.0708. The summed E-state index contributed by atoms with van der Waals surface area (Å²) in [6.07, 6.45) is -10.5. The smallest absolute Gasteiger partial charge is 0.462 e. The van der Waals surface area contributed by atoms with E-state index in [1.54, 1.807) is 12.1 Å². The van der Waals surface area contributed by atoms with Gasteiger partial charge in [-0.15, -0.1) is 0 Å². The predicted octanol–water partition coefficient (Wildman–Crippen LogP) is 3.95. The molecule has 18 heteroatoms. The van der Waals surface area contributed by atoms with E-state index in [1.165, 1.54) is 48.5 Å². The third-order valence-electron chi connectivity index (χ3n) is 6.36. The van der Waals surface area contributed by atoms with Crippen LogP contribution in [-0.2, 0) is 38.0 Å². The summed E-state index contributed by atoms with van der Waals surface area (Å²) in [6.45, 7) is 0.106. The molecule has 0 N–H and O–H groups in total. The Labute approximate surface area is 264 Å². The fourth-order valence-electron chi connectivity index (χ4n) is 4.24. The summed E-state index contributed by atoms with van der Waals surface area (Å²) in [5.74, 6) is -3.48. The van der Waals surface area contributed by atoms with Gasteiger partial charge >= 0.3 is 33.5 Å². The highest BCUT2D eigenvalue weighted by molar-refractivity contribution is 7.87. The molecular weight excluding hydrogens is 659 g/mol. The first-order valence-corrected chi connectivity index (χ1v) is 14.8. The molecule has 3 aromatic carbocycles. The molecule has 1 fully saturated rings. The molecule has 1 heterocycles. The molecule has 0 spiro atoms. The third-order valence-corrected chi connectivity index (χ3v) is 7.40. The molecular formula is C29H24F3NO13S. The average molecular weight is 684 g/mol. The van der Waals surface area contributed by atoms with E-state index in [-0.39, 0.29) is 16.9 Å². The molecule has 47 heavy (non-hydrogen) atoms. The van der Waals surface area contributed by atoms with Crippen LogP contribution < -0.4 is 4.74 Å². The Morgan fingerprint density at radius 1 is 0.830 bits per heavy atom. The average Bonchev–Trinajstić information content (AvgIpc) is 3.03. The molecule has 14 nitrogen and oxygen atoms in total. The van der Waals surface area contributed by atoms with Gasteiger partial charge in [-0.05, 0) is 36.4 Å². The number of nitrogens with zero attached hydrogens (tertiary/aromatic N) is 1. The molecule has 0 amide bonds. The summed E-state index contributed by atoms with van der Waals surface area (Å²) < 4.78 is 97.0. The summed E-state index contributed by atoms with van der Waals surface area (Å²) in [5.41, 5.74) is -6.45. The molecule has 1 aliphatic heterocycles. The molecule has 1 saturated heterocycles. The maximum absolute atomic E-state index is 13.6. The van der Waals surface area contributed by atoms with Gasteiger partial charge in [0.25, 0.3) is 5.69 Å². The number of halogens is 3. The highest BCUT2D eigenvalue weighted by Crippen LogP contribution is 2.35. The number of carbonyl (C=O) groups is 3. The highest BCUT2D eigenvalue weighted by Gasteiger charge is 2.58. The molecule has 0 saturated carbocycles. The summed E-state index contributed by atoms with van der Waals surface area (Å²) in [5, 5.41) is 11.1. The Hall–Kier alpha value is -5.07. The van der Waals surface area contributed by atoms with Crippen LogP contribution in [0.2, 0.25) is 0 Å². The third kappa shape index (κ3) is 8.81. The maximum atomic E-state index is 13.6. The van der Waals surface area contributed by atoms with Crippen molar-refractivity contribution in [3.8, 4) is 5.75 Å². The summed E-state index contributed by atoms with van der Waals surface area (Å²) in [6, 6.07) is 18.4. The van der Waals surface area contributed by atoms with Crippen LogP contribution in [-0.4, -0.2) is 74.1 Å². The van der Waals surface area contributed by atoms with E-state index in [2.05, 4.69) is 4.18 Å². The molecule has 3 aromatic rings. The van der Waals surface area contributed by atoms with Crippen molar-refractivity contribution in [1.29, 1.82) is 0 Å². The minimum Gasteiger partial charge on any atom is -0.462 e. The first-order valence-electron chi connectivity index (χ1n) is 13.4. The Balaban J connectivity index is 1.78. The van der Waals surface area contributed by atoms with Gasteiger partial charge in [0, 0.05) is 19.1 Å². The van der Waals surface area contributed by atoms with E-state index in [1.807, 2.05) is 0 Å². The van der Waals surface area contributed by atoms with Crippen molar-refractivity contribution in [3.05, 3.63) is 106 Å². The van der Waals surface area contributed by atoms with Crippen LogP contribution in [0, 0.1) is 10.1 Å². The van der Waals surface area contributed by atoms with E-state index >= 15 is 0 Å². The SMILES string of the molecule is CC(=O)O[C@H]1[C@H](OC(=O)c2ccccc2)[C@H](OS(=O)(=O)C(F)(F)F)[C@H](Oc2ccc([N+](=O)[O-])cc2)O[C@@H]1COC(=O)c1ccccc1. The monoisotopic (exact) mass is 683 g/mol. The number of hydrogen-bond donors (Lipinski definition) is 0. The van der Waals surface area contributed by atoms with Gasteiger partial charge in [-0.25, -0.2) is 13.8 Å². The lowest BCUT2D eigenvalue weighted by atomic mass is 9.98. The molecule has 0 aliphatic carbocycles. The van der Waals surface area contributed by atoms with Gasteiger partial charge in [0.05, 0.1) is 16.1 Å². The van der Waals surface area contributed by atoms with Crippen LogP contribution in [0.5, 0.6) is 5.75 Å². The zero-order valence-corrected chi connectivity index (χ0v) is 24.8. The van der Waals surface area contributed by atoms with Crippen LogP contribution >= 0.6 is 0 Å². The number of carbonyl (C=O) groups excluding carboxylic acids is 3. The van der Waals surface area contributed by atoms with Crippen LogP contribution in [0.1, 0.15) is 27.6 Å². The zero-order valence-electron chi connectivity index (χ0n) is 24.0. The van der Waals surface area contributed by atoms with Crippen LogP contribution in [0.25, 0.3) is 0 Å². The second-order valence-corrected chi connectivity index (χ2v) is 11.2. The van der Waals surface area contributed by atoms with E-state index in [9.17, 15) is 46.1 Å². The van der Waals surface area contributed by atoms with Crippen molar-refractivity contribution in [2.24, 2.45) is 0 Å². The van der Waals surface area contributed by atoms with Crippen LogP contribution in [0.4, 0.5) is 18.9 Å². The van der Waals surface area contributed by atoms with E-state index in [0.717, 1.165) is 31.2 Å². The Morgan fingerprint density at radius 2 is 1.38 bits per heavy atom. The summed E-state index contributed by atoms with van der Waals surface area (Å²) in [7, 11) is -6.47. The van der Waals surface area contributed by atoms with Gasteiger partial charge in [0.2, 0.25) is 6.29 Å². The van der Waals surface area contributed by atoms with Gasteiger partial charge in [0.15, 0.2) is 18.3 Å². The second-order valence-electron chi connectivity index (χ2n) is 9.65. The number of nitro groups is 1. The molecule has 250 valence electrons. The predicted molar refractivity (Wildman–Crippen MR) is 150 cm³/mol. The minimum atomic E-state index is -6.47. The lowest BCUT2D eigenvalue weighted by Crippen LogP contribution is -2.64. The van der Waals surface area contributed by atoms with Gasteiger partial charge < -0.3 is 23.7 Å². The number of nitro benzene ring substituents is 1. The summed E-state index contributed by atoms with van der Waals surface area (Å²) >= 11 is 0. The first-order chi connectivity index (χ1) is 22.2. The number of esters is 3. The van der Waals surface area contributed by atoms with Crippen LogP contribution in [0.3, 0.4) is 0 Å². The summed E-state index contributed by atoms with van der Waals surface area (Å²) in [4.78, 5) is 48.4. The Bertz CT molecular complexity index is 1690. The first kappa shape index (κ1) is 34.8. The molecule has 1 aliphatic rings. The Kier molecular flexibility index (Phi) is 10.8. The lowest BCUT2D eigenvalue weighted by Gasteiger charge is -2.44. The van der Waals surface area contributed by atoms with Crippen molar-refractivity contribution in [3.63, 3.8) is 0 Å². The zero-order chi connectivity index (χ0) is 34.4. The van der Waals surface area contributed by atoms with E-state index in [4.69, 9.17) is 23.7 Å². The van der Waals surface area contributed by atoms with Crippen LogP contribution in [0.15, 0.2) is 84.9 Å². The molecule has 0 aromatic heterocycles. The van der Waals surface area contributed by atoms with Gasteiger partial charge in [-0.2, -0.15) is 21.6 Å². The van der Waals surface area contributed by atoms with Gasteiger partial charge in [0.1, 0.15) is 18.5 Å². The van der Waals surface area contributed by atoms with Crippen molar-refractivity contribution in [2.45, 2.75) is 43.1 Å². The minimum absolute atomic E-state index is 0.0792. The number of alkyl halides is 3. The van der Waals surface area contributed by atoms with Gasteiger partial charge in [-0.1, -0.05) is 36.4 Å². The van der Waals surface area contributed by atoms with E-state index in [0.29, 0.717) is 0 Å². The molecule has 5 atom stereocenters. The molecule has 0 radical (unpaired) electrons. The normalized spacial score (nSPS) is 21.2. The number of benzene rings is 3. The number of rotatable bonds is 11. The van der Waals surface area contributed by atoms with Crippen molar-refractivity contribution < 1.29 is 68.8 Å². The lowest BCUT2D eigenvalue weighted by molar-refractivity contribution is -0.384. The molecule has 0 unspecified atom stereocenters. The topological polar surface area (TPSA) is 184 Å². The molecule has 4 rings (SSSR count). The fraction of sp³-hybridized carbons (Fsp3) is 0.276. The Morgan fingerprint density at radius 3 is 1.89 bits per heavy atom. The van der Waals surface area contributed by atoms with Crippen molar-refractivity contribution in [1.82, 2.24) is 0 Å². The molecule has 0 bridgehead atoms. The number of non-ortho nitro benzene ring substituents is 1. The van der Waals surface area contributed by atoms with E-state index < -0.39 is 81.5 Å².